The van der Waals surface area contributed by atoms with Crippen LogP contribution in [0.4, 0.5) is 0 Å². The topological polar surface area (TPSA) is 15.3 Å². The Morgan fingerprint density at radius 1 is 1.29 bits per heavy atom. The summed E-state index contributed by atoms with van der Waals surface area (Å²) < 4.78 is 0. The summed E-state index contributed by atoms with van der Waals surface area (Å²) in [6, 6.07) is 6.95. The van der Waals surface area contributed by atoms with Gasteiger partial charge in [-0.15, -0.1) is 0 Å². The first-order chi connectivity index (χ1) is 11.6. The lowest BCUT2D eigenvalue weighted by Gasteiger charge is -2.26. The molecular formula is C21H33ClN2. The molecule has 2 atom stereocenters. The van der Waals surface area contributed by atoms with Crippen molar-refractivity contribution < 1.29 is 0 Å². The summed E-state index contributed by atoms with van der Waals surface area (Å²) in [5, 5.41) is 4.66. The molecule has 2 nitrogen and oxygen atoms in total. The minimum atomic E-state index is 0.272. The predicted octanol–water partition coefficient (Wildman–Crippen LogP) is 5.58. The average Bonchev–Trinajstić information content (AvgIpc) is 2.75. The Kier molecular flexibility index (Phi) is 7.64. The van der Waals surface area contributed by atoms with Gasteiger partial charge >= 0.3 is 0 Å². The van der Waals surface area contributed by atoms with E-state index in [0.717, 1.165) is 24.5 Å². The lowest BCUT2D eigenvalue weighted by molar-refractivity contribution is 0.453. The van der Waals surface area contributed by atoms with Crippen molar-refractivity contribution in [2.75, 3.05) is 20.1 Å². The largest absolute Gasteiger partial charge is 0.379 e. The van der Waals surface area contributed by atoms with Crippen LogP contribution >= 0.6 is 11.6 Å². The Morgan fingerprint density at radius 2 is 2.08 bits per heavy atom. The molecule has 0 spiro atoms. The summed E-state index contributed by atoms with van der Waals surface area (Å²) in [5.41, 5.74) is 4.05. The SMILES string of the molecule is CCCCc1ccc(C2NCCN(C)C=C2C(C)CCC)cc1Cl. The third kappa shape index (κ3) is 5.00. The van der Waals surface area contributed by atoms with E-state index in [1.54, 1.807) is 0 Å². The summed E-state index contributed by atoms with van der Waals surface area (Å²) in [6.45, 7) is 8.87. The molecule has 1 N–H and O–H groups in total. The summed E-state index contributed by atoms with van der Waals surface area (Å²) in [5.74, 6) is 0.576. The number of benzene rings is 1. The molecule has 0 fully saturated rings. The number of nitrogens with one attached hydrogen (secondary N) is 1. The second-order valence-electron chi connectivity index (χ2n) is 7.14. The molecule has 1 aromatic rings. The zero-order chi connectivity index (χ0) is 17.5. The normalized spacial score (nSPS) is 19.8. The van der Waals surface area contributed by atoms with E-state index in [9.17, 15) is 0 Å². The van der Waals surface area contributed by atoms with Gasteiger partial charge in [0.1, 0.15) is 0 Å². The highest BCUT2D eigenvalue weighted by Crippen LogP contribution is 2.33. The zero-order valence-corrected chi connectivity index (χ0v) is 16.5. The van der Waals surface area contributed by atoms with Gasteiger partial charge in [0, 0.05) is 31.4 Å². The molecule has 1 heterocycles. The van der Waals surface area contributed by atoms with Crippen molar-refractivity contribution in [2.24, 2.45) is 5.92 Å². The third-order valence-corrected chi connectivity index (χ3v) is 5.37. The molecule has 0 amide bonds. The van der Waals surface area contributed by atoms with Gasteiger partial charge in [0.05, 0.1) is 6.04 Å². The molecule has 134 valence electrons. The van der Waals surface area contributed by atoms with E-state index in [1.807, 2.05) is 0 Å². The fourth-order valence-corrected chi connectivity index (χ4v) is 3.81. The van der Waals surface area contributed by atoms with Crippen LogP contribution in [0.2, 0.25) is 5.02 Å². The van der Waals surface area contributed by atoms with Crippen molar-refractivity contribution in [1.29, 1.82) is 0 Å². The van der Waals surface area contributed by atoms with Crippen molar-refractivity contribution in [2.45, 2.75) is 58.9 Å². The maximum absolute atomic E-state index is 6.58. The number of hydrogen-bond donors (Lipinski definition) is 1. The molecule has 0 aliphatic carbocycles. The molecule has 0 bridgehead atoms. The molecule has 1 aromatic carbocycles. The van der Waals surface area contributed by atoms with Gasteiger partial charge in [-0.3, -0.25) is 0 Å². The first kappa shape index (κ1) is 19.3. The summed E-state index contributed by atoms with van der Waals surface area (Å²) in [7, 11) is 2.17. The van der Waals surface area contributed by atoms with E-state index < -0.39 is 0 Å². The second kappa shape index (κ2) is 9.48. The van der Waals surface area contributed by atoms with Crippen molar-refractivity contribution in [1.82, 2.24) is 10.2 Å². The Balaban J connectivity index is 2.29. The maximum atomic E-state index is 6.58. The Bertz CT molecular complexity index is 553. The molecule has 0 saturated carbocycles. The van der Waals surface area contributed by atoms with E-state index in [1.165, 1.54) is 42.4 Å². The van der Waals surface area contributed by atoms with Crippen LogP contribution in [0.5, 0.6) is 0 Å². The van der Waals surface area contributed by atoms with Crippen molar-refractivity contribution in [3.63, 3.8) is 0 Å². The standard InChI is InChI=1S/C21H33ClN2/c1-5-7-9-17-10-11-18(14-20(17)22)21-19(16(3)8-6-2)15-24(4)13-12-23-21/h10-11,14-16,21,23H,5-9,12-13H2,1-4H3. The van der Waals surface area contributed by atoms with Crippen LogP contribution in [-0.4, -0.2) is 25.0 Å². The minimum Gasteiger partial charge on any atom is -0.379 e. The van der Waals surface area contributed by atoms with Crippen LogP contribution in [0.15, 0.2) is 30.0 Å². The average molecular weight is 349 g/mol. The highest BCUT2D eigenvalue weighted by Gasteiger charge is 2.24. The molecule has 2 rings (SSSR count). The van der Waals surface area contributed by atoms with E-state index >= 15 is 0 Å². The van der Waals surface area contributed by atoms with Crippen molar-refractivity contribution >= 4 is 11.6 Å². The molecule has 0 radical (unpaired) electrons. The summed E-state index contributed by atoms with van der Waals surface area (Å²) >= 11 is 6.58. The lowest BCUT2D eigenvalue weighted by Crippen LogP contribution is -2.27. The smallest absolute Gasteiger partial charge is 0.0556 e. The first-order valence-electron chi connectivity index (χ1n) is 9.50. The van der Waals surface area contributed by atoms with Crippen molar-refractivity contribution in [3.05, 3.63) is 46.1 Å². The number of halogens is 1. The van der Waals surface area contributed by atoms with Gasteiger partial charge in [-0.1, -0.05) is 57.3 Å². The molecule has 2 unspecified atom stereocenters. The van der Waals surface area contributed by atoms with Gasteiger partial charge in [0.25, 0.3) is 0 Å². The Labute approximate surface area is 153 Å². The van der Waals surface area contributed by atoms with E-state index in [0.29, 0.717) is 5.92 Å². The molecule has 3 heteroatoms. The van der Waals surface area contributed by atoms with Gasteiger partial charge in [0.15, 0.2) is 0 Å². The van der Waals surface area contributed by atoms with Crippen LogP contribution in [-0.2, 0) is 6.42 Å². The van der Waals surface area contributed by atoms with Gasteiger partial charge in [-0.2, -0.15) is 0 Å². The highest BCUT2D eigenvalue weighted by molar-refractivity contribution is 6.31. The van der Waals surface area contributed by atoms with E-state index in [-0.39, 0.29) is 6.04 Å². The molecule has 1 aliphatic heterocycles. The Hall–Kier alpha value is -0.990. The highest BCUT2D eigenvalue weighted by atomic mass is 35.5. The monoisotopic (exact) mass is 348 g/mol. The van der Waals surface area contributed by atoms with Crippen LogP contribution in [0, 0.1) is 5.92 Å². The minimum absolute atomic E-state index is 0.272. The summed E-state index contributed by atoms with van der Waals surface area (Å²) in [4.78, 5) is 2.31. The number of aryl methyl sites for hydroxylation is 1. The van der Waals surface area contributed by atoms with Gasteiger partial charge in [-0.25, -0.2) is 0 Å². The zero-order valence-electron chi connectivity index (χ0n) is 15.7. The number of hydrogen-bond acceptors (Lipinski definition) is 2. The third-order valence-electron chi connectivity index (χ3n) is 5.02. The fraction of sp³-hybridized carbons (Fsp3) is 0.619. The fourth-order valence-electron chi connectivity index (χ4n) is 3.53. The maximum Gasteiger partial charge on any atom is 0.0556 e. The van der Waals surface area contributed by atoms with Crippen LogP contribution in [0.1, 0.15) is 63.6 Å². The Morgan fingerprint density at radius 3 is 2.75 bits per heavy atom. The summed E-state index contributed by atoms with van der Waals surface area (Å²) in [6.07, 6.45) is 8.27. The van der Waals surface area contributed by atoms with E-state index in [2.05, 4.69) is 62.4 Å². The van der Waals surface area contributed by atoms with Crippen LogP contribution in [0.25, 0.3) is 0 Å². The number of nitrogens with zero attached hydrogens (tertiary/aromatic N) is 1. The quantitative estimate of drug-likeness (QED) is 0.692. The van der Waals surface area contributed by atoms with E-state index in [4.69, 9.17) is 11.6 Å². The van der Waals surface area contributed by atoms with Gasteiger partial charge in [0.2, 0.25) is 0 Å². The number of rotatable bonds is 7. The molecule has 0 aromatic heterocycles. The predicted molar refractivity (Wildman–Crippen MR) is 106 cm³/mol. The lowest BCUT2D eigenvalue weighted by atomic mass is 9.87. The van der Waals surface area contributed by atoms with Crippen LogP contribution in [0.3, 0.4) is 0 Å². The molecular weight excluding hydrogens is 316 g/mol. The molecule has 0 saturated heterocycles. The molecule has 24 heavy (non-hydrogen) atoms. The number of unbranched alkanes of at least 4 members (excludes halogenated alkanes) is 1. The van der Waals surface area contributed by atoms with Crippen molar-refractivity contribution in [3.8, 4) is 0 Å². The second-order valence-corrected chi connectivity index (χ2v) is 7.55. The van der Waals surface area contributed by atoms with Gasteiger partial charge in [-0.05, 0) is 47.9 Å². The van der Waals surface area contributed by atoms with Gasteiger partial charge < -0.3 is 10.2 Å². The number of likely N-dealkylation sites (N-methyl/N-ethyl adjacent to an activating group) is 1. The van der Waals surface area contributed by atoms with Crippen LogP contribution < -0.4 is 5.32 Å². The molecule has 1 aliphatic rings. The first-order valence-corrected chi connectivity index (χ1v) is 9.88.